The maximum atomic E-state index is 12.9. The zero-order chi connectivity index (χ0) is 18.4. The largest absolute Gasteiger partial charge is 0.383 e. The molecule has 0 aromatic carbocycles. The number of piperidine rings is 1. The monoisotopic (exact) mass is 358 g/mol. The Hall–Kier alpha value is -2.25. The Morgan fingerprint density at radius 1 is 1.31 bits per heavy atom. The van der Waals surface area contributed by atoms with Crippen molar-refractivity contribution in [1.82, 2.24) is 19.4 Å². The number of carbonyl (C=O) groups is 1. The standard InChI is InChI=1S/C19H26N4O3/c1-25-12-11-22-10-8-20-18(22)15-5-4-9-23(13-15)19(24)17-7-3-6-16(21-17)14-26-2/h3,6-8,10,15H,4-5,9,11-14H2,1-2H3/t15-/m0/s1. The minimum Gasteiger partial charge on any atom is -0.383 e. The number of aromatic nitrogens is 3. The first kappa shape index (κ1) is 18.5. The molecular weight excluding hydrogens is 332 g/mol. The third-order valence-corrected chi connectivity index (χ3v) is 4.68. The first-order valence-electron chi connectivity index (χ1n) is 8.97. The lowest BCUT2D eigenvalue weighted by Crippen LogP contribution is -2.40. The van der Waals surface area contributed by atoms with Gasteiger partial charge >= 0.3 is 0 Å². The summed E-state index contributed by atoms with van der Waals surface area (Å²) in [6.45, 7) is 3.25. The Morgan fingerprint density at radius 3 is 3.00 bits per heavy atom. The van der Waals surface area contributed by atoms with Gasteiger partial charge in [-0.15, -0.1) is 0 Å². The molecule has 0 bridgehead atoms. The molecule has 1 saturated heterocycles. The highest BCUT2D eigenvalue weighted by Gasteiger charge is 2.28. The van der Waals surface area contributed by atoms with Gasteiger partial charge < -0.3 is 18.9 Å². The van der Waals surface area contributed by atoms with Crippen molar-refractivity contribution >= 4 is 5.91 Å². The second kappa shape index (κ2) is 8.91. The van der Waals surface area contributed by atoms with Crippen molar-refractivity contribution in [3.05, 3.63) is 47.8 Å². The topological polar surface area (TPSA) is 69.5 Å². The minimum absolute atomic E-state index is 0.0253. The van der Waals surface area contributed by atoms with Gasteiger partial charge in [-0.2, -0.15) is 0 Å². The highest BCUT2D eigenvalue weighted by molar-refractivity contribution is 5.92. The van der Waals surface area contributed by atoms with Gasteiger partial charge in [-0.3, -0.25) is 4.79 Å². The van der Waals surface area contributed by atoms with E-state index in [9.17, 15) is 4.79 Å². The fraction of sp³-hybridized carbons (Fsp3) is 0.526. The quantitative estimate of drug-likeness (QED) is 0.758. The zero-order valence-electron chi connectivity index (χ0n) is 15.4. The van der Waals surface area contributed by atoms with Gasteiger partial charge in [0, 0.05) is 52.2 Å². The molecule has 140 valence electrons. The number of likely N-dealkylation sites (tertiary alicyclic amines) is 1. The summed E-state index contributed by atoms with van der Waals surface area (Å²) in [7, 11) is 3.32. The van der Waals surface area contributed by atoms with E-state index >= 15 is 0 Å². The Morgan fingerprint density at radius 2 is 2.19 bits per heavy atom. The predicted molar refractivity (Wildman–Crippen MR) is 96.9 cm³/mol. The van der Waals surface area contributed by atoms with Gasteiger partial charge in [0.05, 0.1) is 18.9 Å². The van der Waals surface area contributed by atoms with Crippen LogP contribution in [0, 0.1) is 0 Å². The van der Waals surface area contributed by atoms with E-state index in [1.165, 1.54) is 0 Å². The van der Waals surface area contributed by atoms with Gasteiger partial charge in [0.1, 0.15) is 11.5 Å². The van der Waals surface area contributed by atoms with Crippen LogP contribution in [0.25, 0.3) is 0 Å². The Labute approximate surface area is 154 Å². The lowest BCUT2D eigenvalue weighted by Gasteiger charge is -2.32. The fourth-order valence-corrected chi connectivity index (χ4v) is 3.42. The fourth-order valence-electron chi connectivity index (χ4n) is 3.42. The molecule has 26 heavy (non-hydrogen) atoms. The summed E-state index contributed by atoms with van der Waals surface area (Å²) < 4.78 is 12.4. The van der Waals surface area contributed by atoms with E-state index in [-0.39, 0.29) is 11.8 Å². The van der Waals surface area contributed by atoms with Crippen molar-refractivity contribution in [1.29, 1.82) is 0 Å². The highest BCUT2D eigenvalue weighted by atomic mass is 16.5. The van der Waals surface area contributed by atoms with Crippen molar-refractivity contribution in [2.45, 2.75) is 31.9 Å². The second-order valence-corrected chi connectivity index (χ2v) is 6.51. The number of amides is 1. The maximum absolute atomic E-state index is 12.9. The summed E-state index contributed by atoms with van der Waals surface area (Å²) in [5.41, 5.74) is 1.24. The van der Waals surface area contributed by atoms with E-state index in [2.05, 4.69) is 14.5 Å². The SMILES string of the molecule is COCCn1ccnc1[C@H]1CCCN(C(=O)c2cccc(COC)n2)C1. The van der Waals surface area contributed by atoms with E-state index < -0.39 is 0 Å². The van der Waals surface area contributed by atoms with E-state index in [0.717, 1.165) is 37.4 Å². The normalized spacial score (nSPS) is 17.5. The lowest BCUT2D eigenvalue weighted by molar-refractivity contribution is 0.0695. The molecule has 7 heteroatoms. The van der Waals surface area contributed by atoms with Crippen LogP contribution in [0.3, 0.4) is 0 Å². The molecule has 0 saturated carbocycles. The summed E-state index contributed by atoms with van der Waals surface area (Å²) >= 11 is 0. The molecule has 2 aromatic heterocycles. The minimum atomic E-state index is -0.0253. The Bertz CT molecular complexity index is 731. The molecular formula is C19H26N4O3. The number of nitrogens with zero attached hydrogens (tertiary/aromatic N) is 4. The number of ether oxygens (including phenoxy) is 2. The van der Waals surface area contributed by atoms with Crippen LogP contribution in [0.1, 0.15) is 40.8 Å². The lowest BCUT2D eigenvalue weighted by atomic mass is 9.96. The molecule has 1 aliphatic rings. The highest BCUT2D eigenvalue weighted by Crippen LogP contribution is 2.26. The molecule has 1 amide bonds. The van der Waals surface area contributed by atoms with E-state index in [1.54, 1.807) is 20.3 Å². The van der Waals surface area contributed by atoms with Crippen LogP contribution in [0.4, 0.5) is 0 Å². The van der Waals surface area contributed by atoms with Gasteiger partial charge in [0.25, 0.3) is 5.91 Å². The first-order valence-corrected chi connectivity index (χ1v) is 8.97. The molecule has 7 nitrogen and oxygen atoms in total. The molecule has 0 spiro atoms. The van der Waals surface area contributed by atoms with Crippen LogP contribution in [0.2, 0.25) is 0 Å². The van der Waals surface area contributed by atoms with Crippen LogP contribution in [0.15, 0.2) is 30.6 Å². The first-order chi connectivity index (χ1) is 12.7. The number of imidazole rings is 1. The molecule has 1 fully saturated rings. The van der Waals surface area contributed by atoms with Gasteiger partial charge in [-0.05, 0) is 25.0 Å². The van der Waals surface area contributed by atoms with Gasteiger partial charge in [0.15, 0.2) is 0 Å². The van der Waals surface area contributed by atoms with Crippen LogP contribution >= 0.6 is 0 Å². The smallest absolute Gasteiger partial charge is 0.272 e. The molecule has 0 aliphatic carbocycles. The number of pyridine rings is 1. The Balaban J connectivity index is 1.71. The molecule has 0 N–H and O–H groups in total. The van der Waals surface area contributed by atoms with E-state index in [1.807, 2.05) is 29.4 Å². The molecule has 0 unspecified atom stereocenters. The predicted octanol–water partition coefficient (Wildman–Crippen LogP) is 2.09. The van der Waals surface area contributed by atoms with Gasteiger partial charge in [-0.25, -0.2) is 9.97 Å². The Kier molecular flexibility index (Phi) is 6.35. The summed E-state index contributed by atoms with van der Waals surface area (Å²) in [6, 6.07) is 5.49. The van der Waals surface area contributed by atoms with Crippen molar-refractivity contribution in [2.24, 2.45) is 0 Å². The average Bonchev–Trinajstić information content (AvgIpc) is 3.15. The summed E-state index contributed by atoms with van der Waals surface area (Å²) in [4.78, 5) is 23.8. The zero-order valence-corrected chi connectivity index (χ0v) is 15.4. The molecule has 3 heterocycles. The maximum Gasteiger partial charge on any atom is 0.272 e. The van der Waals surface area contributed by atoms with Crippen molar-refractivity contribution < 1.29 is 14.3 Å². The third kappa shape index (κ3) is 4.28. The van der Waals surface area contributed by atoms with Crippen molar-refractivity contribution in [3.63, 3.8) is 0 Å². The summed E-state index contributed by atoms with van der Waals surface area (Å²) in [5.74, 6) is 1.24. The van der Waals surface area contributed by atoms with Gasteiger partial charge in [0.2, 0.25) is 0 Å². The molecule has 0 radical (unpaired) electrons. The van der Waals surface area contributed by atoms with E-state index in [0.29, 0.717) is 25.5 Å². The second-order valence-electron chi connectivity index (χ2n) is 6.51. The summed E-state index contributed by atoms with van der Waals surface area (Å²) in [5, 5.41) is 0. The number of carbonyl (C=O) groups excluding carboxylic acids is 1. The van der Waals surface area contributed by atoms with E-state index in [4.69, 9.17) is 9.47 Å². The summed E-state index contributed by atoms with van der Waals surface area (Å²) in [6.07, 6.45) is 5.79. The van der Waals surface area contributed by atoms with Crippen LogP contribution in [-0.4, -0.2) is 59.3 Å². The number of hydrogen-bond acceptors (Lipinski definition) is 5. The number of rotatable bonds is 7. The molecule has 1 atom stereocenters. The molecule has 2 aromatic rings. The van der Waals surface area contributed by atoms with Crippen LogP contribution < -0.4 is 0 Å². The number of hydrogen-bond donors (Lipinski definition) is 0. The van der Waals surface area contributed by atoms with Crippen LogP contribution in [0.5, 0.6) is 0 Å². The van der Waals surface area contributed by atoms with Crippen molar-refractivity contribution in [3.8, 4) is 0 Å². The third-order valence-electron chi connectivity index (χ3n) is 4.68. The van der Waals surface area contributed by atoms with Gasteiger partial charge in [-0.1, -0.05) is 6.07 Å². The van der Waals surface area contributed by atoms with Crippen molar-refractivity contribution in [2.75, 3.05) is 33.9 Å². The van der Waals surface area contributed by atoms with Crippen LogP contribution in [-0.2, 0) is 22.6 Å². The molecule has 3 rings (SSSR count). The number of methoxy groups -OCH3 is 2. The molecule has 1 aliphatic heterocycles. The average molecular weight is 358 g/mol.